The van der Waals surface area contributed by atoms with Crippen LogP contribution >= 0.6 is 15.9 Å². The number of nitrogens with zero attached hydrogens (tertiary/aromatic N) is 1. The predicted molar refractivity (Wildman–Crippen MR) is 58.7 cm³/mol. The normalized spacial score (nSPS) is 19.9. The SMILES string of the molecule is N#Cc1cc2c(cc1Br)CCC[C@@H]2N. The number of hydrogen-bond donors (Lipinski definition) is 1. The Hall–Kier alpha value is -0.850. The topological polar surface area (TPSA) is 49.8 Å². The molecule has 2 nitrogen and oxygen atoms in total. The second-order valence-corrected chi connectivity index (χ2v) is 4.50. The summed E-state index contributed by atoms with van der Waals surface area (Å²) in [7, 11) is 0. The van der Waals surface area contributed by atoms with Gasteiger partial charge in [-0.15, -0.1) is 0 Å². The highest BCUT2D eigenvalue weighted by Crippen LogP contribution is 2.31. The molecule has 0 aromatic heterocycles. The second kappa shape index (κ2) is 3.72. The van der Waals surface area contributed by atoms with E-state index in [1.54, 1.807) is 0 Å². The minimum Gasteiger partial charge on any atom is -0.324 e. The molecule has 0 fully saturated rings. The van der Waals surface area contributed by atoms with Crippen molar-refractivity contribution in [1.82, 2.24) is 0 Å². The fraction of sp³-hybridized carbons (Fsp3) is 0.364. The number of nitrogens with two attached hydrogens (primary N) is 1. The summed E-state index contributed by atoms with van der Waals surface area (Å²) in [4.78, 5) is 0. The maximum Gasteiger partial charge on any atom is 0.100 e. The molecule has 0 unspecified atom stereocenters. The molecule has 1 aliphatic rings. The van der Waals surface area contributed by atoms with Gasteiger partial charge < -0.3 is 5.73 Å². The van der Waals surface area contributed by atoms with E-state index in [0.29, 0.717) is 5.56 Å². The third-order valence-electron chi connectivity index (χ3n) is 2.71. The fourth-order valence-corrected chi connectivity index (χ4v) is 2.43. The van der Waals surface area contributed by atoms with Crippen molar-refractivity contribution in [3.05, 3.63) is 33.3 Å². The quantitative estimate of drug-likeness (QED) is 0.770. The minimum atomic E-state index is 0.110. The van der Waals surface area contributed by atoms with Crippen molar-refractivity contribution in [2.24, 2.45) is 5.73 Å². The van der Waals surface area contributed by atoms with Crippen molar-refractivity contribution in [1.29, 1.82) is 5.26 Å². The number of hydrogen-bond acceptors (Lipinski definition) is 2. The Morgan fingerprint density at radius 1 is 1.50 bits per heavy atom. The molecule has 0 bridgehead atoms. The van der Waals surface area contributed by atoms with Crippen molar-refractivity contribution >= 4 is 15.9 Å². The van der Waals surface area contributed by atoms with Crippen LogP contribution in [-0.4, -0.2) is 0 Å². The van der Waals surface area contributed by atoms with Gasteiger partial charge in [-0.3, -0.25) is 0 Å². The highest BCUT2D eigenvalue weighted by molar-refractivity contribution is 9.10. The van der Waals surface area contributed by atoms with Crippen LogP contribution in [0.2, 0.25) is 0 Å². The van der Waals surface area contributed by atoms with Gasteiger partial charge >= 0.3 is 0 Å². The summed E-state index contributed by atoms with van der Waals surface area (Å²) in [5.74, 6) is 0. The summed E-state index contributed by atoms with van der Waals surface area (Å²) in [5.41, 5.74) is 9.11. The van der Waals surface area contributed by atoms with E-state index < -0.39 is 0 Å². The van der Waals surface area contributed by atoms with Crippen molar-refractivity contribution in [3.63, 3.8) is 0 Å². The molecular weight excluding hydrogens is 240 g/mol. The number of rotatable bonds is 0. The molecule has 1 atom stereocenters. The van der Waals surface area contributed by atoms with Crippen molar-refractivity contribution in [2.45, 2.75) is 25.3 Å². The molecule has 72 valence electrons. The van der Waals surface area contributed by atoms with Gasteiger partial charge in [0, 0.05) is 10.5 Å². The summed E-state index contributed by atoms with van der Waals surface area (Å²) in [6.45, 7) is 0. The third-order valence-corrected chi connectivity index (χ3v) is 3.37. The van der Waals surface area contributed by atoms with Crippen LogP contribution in [-0.2, 0) is 6.42 Å². The average Bonchev–Trinajstić information content (AvgIpc) is 2.17. The van der Waals surface area contributed by atoms with Crippen molar-refractivity contribution in [3.8, 4) is 6.07 Å². The number of fused-ring (bicyclic) bond motifs is 1. The van der Waals surface area contributed by atoms with Gasteiger partial charge in [-0.2, -0.15) is 5.26 Å². The summed E-state index contributed by atoms with van der Waals surface area (Å²) < 4.78 is 0.882. The maximum absolute atomic E-state index is 8.89. The highest BCUT2D eigenvalue weighted by Gasteiger charge is 2.18. The second-order valence-electron chi connectivity index (χ2n) is 3.64. The Kier molecular flexibility index (Phi) is 2.58. The molecular formula is C11H11BrN2. The Morgan fingerprint density at radius 2 is 2.29 bits per heavy atom. The van der Waals surface area contributed by atoms with Crippen LogP contribution in [0.1, 0.15) is 35.6 Å². The van der Waals surface area contributed by atoms with E-state index in [0.717, 1.165) is 29.3 Å². The minimum absolute atomic E-state index is 0.110. The molecule has 0 heterocycles. The molecule has 1 aliphatic carbocycles. The molecule has 14 heavy (non-hydrogen) atoms. The van der Waals surface area contributed by atoms with Gasteiger partial charge in [-0.25, -0.2) is 0 Å². The zero-order valence-corrected chi connectivity index (χ0v) is 9.34. The lowest BCUT2D eigenvalue weighted by atomic mass is 9.87. The number of benzene rings is 1. The van der Waals surface area contributed by atoms with Gasteiger partial charge in [-0.1, -0.05) is 0 Å². The molecule has 0 amide bonds. The summed E-state index contributed by atoms with van der Waals surface area (Å²) >= 11 is 3.39. The Morgan fingerprint density at radius 3 is 3.00 bits per heavy atom. The van der Waals surface area contributed by atoms with Gasteiger partial charge in [0.05, 0.1) is 5.56 Å². The van der Waals surface area contributed by atoms with E-state index in [-0.39, 0.29) is 6.04 Å². The van der Waals surface area contributed by atoms with Gasteiger partial charge in [0.2, 0.25) is 0 Å². The summed E-state index contributed by atoms with van der Waals surface area (Å²) in [6.07, 6.45) is 3.25. The van der Waals surface area contributed by atoms with E-state index in [9.17, 15) is 0 Å². The van der Waals surface area contributed by atoms with Crippen LogP contribution in [0.4, 0.5) is 0 Å². The highest BCUT2D eigenvalue weighted by atomic mass is 79.9. The first kappa shape index (κ1) is 9.70. The van der Waals surface area contributed by atoms with E-state index in [4.69, 9.17) is 11.0 Å². The monoisotopic (exact) mass is 250 g/mol. The molecule has 2 rings (SSSR count). The van der Waals surface area contributed by atoms with Crippen LogP contribution < -0.4 is 5.73 Å². The van der Waals surface area contributed by atoms with Crippen LogP contribution in [0.3, 0.4) is 0 Å². The smallest absolute Gasteiger partial charge is 0.100 e. The summed E-state index contributed by atoms with van der Waals surface area (Å²) in [5, 5.41) is 8.89. The van der Waals surface area contributed by atoms with E-state index in [1.807, 2.05) is 12.1 Å². The molecule has 0 spiro atoms. The van der Waals surface area contributed by atoms with E-state index in [1.165, 1.54) is 5.56 Å². The largest absolute Gasteiger partial charge is 0.324 e. The van der Waals surface area contributed by atoms with Crippen molar-refractivity contribution < 1.29 is 0 Å². The lowest BCUT2D eigenvalue weighted by molar-refractivity contribution is 0.570. The first-order valence-electron chi connectivity index (χ1n) is 4.70. The number of aryl methyl sites for hydroxylation is 1. The van der Waals surface area contributed by atoms with Crippen LogP contribution in [0, 0.1) is 11.3 Å². The molecule has 2 N–H and O–H groups in total. The van der Waals surface area contributed by atoms with Crippen molar-refractivity contribution in [2.75, 3.05) is 0 Å². The zero-order chi connectivity index (χ0) is 10.1. The lowest BCUT2D eigenvalue weighted by Crippen LogP contribution is -2.17. The maximum atomic E-state index is 8.89. The van der Waals surface area contributed by atoms with Crippen LogP contribution in [0.15, 0.2) is 16.6 Å². The molecule has 1 aromatic carbocycles. The average molecular weight is 251 g/mol. The van der Waals surface area contributed by atoms with Gasteiger partial charge in [0.1, 0.15) is 6.07 Å². The molecule has 3 heteroatoms. The first-order valence-corrected chi connectivity index (χ1v) is 5.49. The molecule has 0 saturated heterocycles. The fourth-order valence-electron chi connectivity index (χ4n) is 1.95. The number of halogens is 1. The van der Waals surface area contributed by atoms with Gasteiger partial charge in [0.15, 0.2) is 0 Å². The van der Waals surface area contributed by atoms with E-state index >= 15 is 0 Å². The molecule has 1 aromatic rings. The Balaban J connectivity index is 2.56. The predicted octanol–water partition coefficient (Wildman–Crippen LogP) is 2.66. The molecule has 0 saturated carbocycles. The lowest BCUT2D eigenvalue weighted by Gasteiger charge is -2.22. The standard InChI is InChI=1S/C11H11BrN2/c12-10-5-7-2-1-3-11(14)9(7)4-8(10)6-13/h4-5,11H,1-3,14H2/t11-/m0/s1. The van der Waals surface area contributed by atoms with E-state index in [2.05, 4.69) is 22.0 Å². The first-order chi connectivity index (χ1) is 6.72. The summed E-state index contributed by atoms with van der Waals surface area (Å²) in [6, 6.07) is 6.23. The van der Waals surface area contributed by atoms with Crippen LogP contribution in [0.25, 0.3) is 0 Å². The Labute approximate surface area is 91.9 Å². The molecule has 0 aliphatic heterocycles. The third kappa shape index (κ3) is 1.56. The van der Waals surface area contributed by atoms with Gasteiger partial charge in [0.25, 0.3) is 0 Å². The van der Waals surface area contributed by atoms with Gasteiger partial charge in [-0.05, 0) is 58.5 Å². The number of nitriles is 1. The zero-order valence-electron chi connectivity index (χ0n) is 7.76. The molecule has 0 radical (unpaired) electrons. The van der Waals surface area contributed by atoms with Crippen LogP contribution in [0.5, 0.6) is 0 Å². The Bertz CT molecular complexity index is 406.